The van der Waals surface area contributed by atoms with Gasteiger partial charge >= 0.3 is 0 Å². The van der Waals surface area contributed by atoms with Crippen molar-refractivity contribution in [3.05, 3.63) is 34.9 Å². The van der Waals surface area contributed by atoms with Gasteiger partial charge in [0.15, 0.2) is 0 Å². The Bertz CT molecular complexity index is 257. The van der Waals surface area contributed by atoms with Crippen LogP contribution in [0.3, 0.4) is 0 Å². The Balaban J connectivity index is 2.41. The summed E-state index contributed by atoms with van der Waals surface area (Å²) >= 11 is 17.0. The van der Waals surface area contributed by atoms with Crippen LogP contribution in [-0.2, 0) is 11.3 Å². The zero-order chi connectivity index (χ0) is 10.4. The lowest BCUT2D eigenvalue weighted by atomic mass is 10.2. The zero-order valence-electron chi connectivity index (χ0n) is 7.55. The first kappa shape index (κ1) is 12.1. The molecule has 0 atom stereocenters. The van der Waals surface area contributed by atoms with Crippen LogP contribution in [0.25, 0.3) is 0 Å². The smallest absolute Gasteiger partial charge is 0.0849 e. The number of halogens is 3. The second kappa shape index (κ2) is 6.52. The number of hydrogen-bond acceptors (Lipinski definition) is 1. The SMILES string of the molecule is ClCC(CCl)OCc1ccc(Cl)cc1. The lowest BCUT2D eigenvalue weighted by Crippen LogP contribution is -2.16. The van der Waals surface area contributed by atoms with E-state index in [0.29, 0.717) is 18.4 Å². The Morgan fingerprint density at radius 1 is 1.07 bits per heavy atom. The predicted octanol–water partition coefficient (Wildman–Crippen LogP) is 3.70. The molecular formula is C10H11Cl3O. The van der Waals surface area contributed by atoms with Crippen molar-refractivity contribution < 1.29 is 4.74 Å². The van der Waals surface area contributed by atoms with Gasteiger partial charge in [-0.15, -0.1) is 23.2 Å². The van der Waals surface area contributed by atoms with Crippen molar-refractivity contribution in [2.75, 3.05) is 11.8 Å². The Labute approximate surface area is 98.9 Å². The largest absolute Gasteiger partial charge is 0.371 e. The van der Waals surface area contributed by atoms with Crippen molar-refractivity contribution in [2.45, 2.75) is 12.7 Å². The fourth-order valence-corrected chi connectivity index (χ4v) is 1.56. The number of ether oxygens (including phenoxy) is 1. The summed E-state index contributed by atoms with van der Waals surface area (Å²) in [4.78, 5) is 0. The van der Waals surface area contributed by atoms with Crippen LogP contribution in [0.1, 0.15) is 5.56 Å². The molecule has 14 heavy (non-hydrogen) atoms. The van der Waals surface area contributed by atoms with Gasteiger partial charge in [-0.2, -0.15) is 0 Å². The molecule has 0 spiro atoms. The average molecular weight is 254 g/mol. The van der Waals surface area contributed by atoms with E-state index in [9.17, 15) is 0 Å². The van der Waals surface area contributed by atoms with Crippen molar-refractivity contribution in [2.24, 2.45) is 0 Å². The number of hydrogen-bond donors (Lipinski definition) is 0. The van der Waals surface area contributed by atoms with E-state index >= 15 is 0 Å². The Morgan fingerprint density at radius 2 is 1.64 bits per heavy atom. The van der Waals surface area contributed by atoms with Crippen LogP contribution < -0.4 is 0 Å². The third-order valence-corrected chi connectivity index (χ3v) is 2.68. The van der Waals surface area contributed by atoms with E-state index < -0.39 is 0 Å². The molecule has 0 saturated carbocycles. The summed E-state index contributed by atoms with van der Waals surface area (Å²) in [6, 6.07) is 7.50. The van der Waals surface area contributed by atoms with Gasteiger partial charge in [0.25, 0.3) is 0 Å². The third kappa shape index (κ3) is 4.05. The molecule has 0 heterocycles. The average Bonchev–Trinajstić information content (AvgIpc) is 2.22. The van der Waals surface area contributed by atoms with E-state index in [4.69, 9.17) is 39.5 Å². The second-order valence-electron chi connectivity index (χ2n) is 2.87. The molecule has 78 valence electrons. The molecule has 1 aromatic carbocycles. The maximum Gasteiger partial charge on any atom is 0.0849 e. The summed E-state index contributed by atoms with van der Waals surface area (Å²) in [6.07, 6.45) is -0.0889. The van der Waals surface area contributed by atoms with Crippen LogP contribution in [0.4, 0.5) is 0 Å². The highest BCUT2D eigenvalue weighted by Crippen LogP contribution is 2.11. The van der Waals surface area contributed by atoms with Crippen LogP contribution in [0, 0.1) is 0 Å². The van der Waals surface area contributed by atoms with E-state index in [-0.39, 0.29) is 6.10 Å². The topological polar surface area (TPSA) is 9.23 Å². The number of rotatable bonds is 5. The fourth-order valence-electron chi connectivity index (χ4n) is 0.925. The molecule has 0 bridgehead atoms. The normalized spacial score (nSPS) is 10.9. The van der Waals surface area contributed by atoms with Gasteiger partial charge in [0.2, 0.25) is 0 Å². The molecule has 1 aromatic rings. The van der Waals surface area contributed by atoms with Crippen LogP contribution in [0.15, 0.2) is 24.3 Å². The van der Waals surface area contributed by atoms with Crippen molar-refractivity contribution in [3.63, 3.8) is 0 Å². The first-order chi connectivity index (χ1) is 6.76. The molecule has 0 aliphatic heterocycles. The highest BCUT2D eigenvalue weighted by atomic mass is 35.5. The molecule has 0 aliphatic rings. The molecule has 1 nitrogen and oxygen atoms in total. The number of alkyl halides is 2. The molecule has 0 unspecified atom stereocenters. The van der Waals surface area contributed by atoms with E-state index in [1.165, 1.54) is 0 Å². The summed E-state index contributed by atoms with van der Waals surface area (Å²) in [7, 11) is 0. The molecule has 0 saturated heterocycles. The van der Waals surface area contributed by atoms with Gasteiger partial charge in [-0.25, -0.2) is 0 Å². The standard InChI is InChI=1S/C10H11Cl3O/c11-5-10(6-12)14-7-8-1-3-9(13)4-2-8/h1-4,10H,5-7H2. The van der Waals surface area contributed by atoms with Crippen LogP contribution in [0.5, 0.6) is 0 Å². The Kier molecular flexibility index (Phi) is 5.64. The maximum absolute atomic E-state index is 5.75. The minimum Gasteiger partial charge on any atom is -0.371 e. The van der Waals surface area contributed by atoms with Gasteiger partial charge in [0.1, 0.15) is 0 Å². The second-order valence-corrected chi connectivity index (χ2v) is 3.92. The van der Waals surface area contributed by atoms with Crippen molar-refractivity contribution in [1.29, 1.82) is 0 Å². The Morgan fingerprint density at radius 3 is 2.14 bits per heavy atom. The first-order valence-corrected chi connectivity index (χ1v) is 5.69. The summed E-state index contributed by atoms with van der Waals surface area (Å²) in [6.45, 7) is 0.515. The monoisotopic (exact) mass is 252 g/mol. The lowest BCUT2D eigenvalue weighted by Gasteiger charge is -2.11. The molecule has 0 aromatic heterocycles. The van der Waals surface area contributed by atoms with Crippen molar-refractivity contribution in [3.8, 4) is 0 Å². The van der Waals surface area contributed by atoms with E-state index in [1.54, 1.807) is 0 Å². The minimum absolute atomic E-state index is 0.0889. The zero-order valence-corrected chi connectivity index (χ0v) is 9.82. The molecule has 0 amide bonds. The molecule has 0 aliphatic carbocycles. The van der Waals surface area contributed by atoms with E-state index in [2.05, 4.69) is 0 Å². The van der Waals surface area contributed by atoms with E-state index in [1.807, 2.05) is 24.3 Å². The van der Waals surface area contributed by atoms with E-state index in [0.717, 1.165) is 10.6 Å². The van der Waals surface area contributed by atoms with Crippen LogP contribution in [0.2, 0.25) is 5.02 Å². The minimum atomic E-state index is -0.0889. The van der Waals surface area contributed by atoms with Gasteiger partial charge in [-0.05, 0) is 17.7 Å². The van der Waals surface area contributed by atoms with Gasteiger partial charge < -0.3 is 4.74 Å². The molecule has 0 fully saturated rings. The number of benzene rings is 1. The Hall–Kier alpha value is 0.0500. The quantitative estimate of drug-likeness (QED) is 0.727. The van der Waals surface area contributed by atoms with Gasteiger partial charge in [-0.3, -0.25) is 0 Å². The van der Waals surface area contributed by atoms with Crippen molar-refractivity contribution >= 4 is 34.8 Å². The summed E-state index contributed by atoms with van der Waals surface area (Å²) in [5, 5.41) is 0.722. The van der Waals surface area contributed by atoms with Crippen LogP contribution in [-0.4, -0.2) is 17.9 Å². The molecule has 0 radical (unpaired) electrons. The van der Waals surface area contributed by atoms with Crippen molar-refractivity contribution in [1.82, 2.24) is 0 Å². The first-order valence-electron chi connectivity index (χ1n) is 4.24. The summed E-state index contributed by atoms with van der Waals surface area (Å²) < 4.78 is 5.46. The molecular weight excluding hydrogens is 242 g/mol. The predicted molar refractivity (Wildman–Crippen MR) is 61.5 cm³/mol. The van der Waals surface area contributed by atoms with Gasteiger partial charge in [0.05, 0.1) is 12.7 Å². The fraction of sp³-hybridized carbons (Fsp3) is 0.400. The maximum atomic E-state index is 5.75. The summed E-state index contributed by atoms with van der Waals surface area (Å²) in [5.41, 5.74) is 1.06. The lowest BCUT2D eigenvalue weighted by molar-refractivity contribution is 0.0701. The highest BCUT2D eigenvalue weighted by molar-refractivity contribution is 6.30. The summed E-state index contributed by atoms with van der Waals surface area (Å²) in [5.74, 6) is 0.828. The van der Waals surface area contributed by atoms with Gasteiger partial charge in [0, 0.05) is 16.8 Å². The van der Waals surface area contributed by atoms with Gasteiger partial charge in [-0.1, -0.05) is 23.7 Å². The highest BCUT2D eigenvalue weighted by Gasteiger charge is 2.05. The third-order valence-electron chi connectivity index (χ3n) is 1.74. The molecule has 4 heteroatoms. The molecule has 1 rings (SSSR count). The van der Waals surface area contributed by atoms with Crippen LogP contribution >= 0.6 is 34.8 Å². The molecule has 0 N–H and O–H groups in total.